The van der Waals surface area contributed by atoms with Gasteiger partial charge >= 0.3 is 0 Å². The first-order valence-corrected chi connectivity index (χ1v) is 6.55. The highest BCUT2D eigenvalue weighted by molar-refractivity contribution is 7.80. The monoisotopic (exact) mass is 272 g/mol. The first kappa shape index (κ1) is 13.4. The van der Waals surface area contributed by atoms with E-state index in [0.717, 1.165) is 12.2 Å². The Bertz CT molecular complexity index is 539. The molecule has 0 radical (unpaired) electrons. The Morgan fingerprint density at radius 2 is 2.00 bits per heavy atom. The summed E-state index contributed by atoms with van der Waals surface area (Å²) in [4.78, 5) is 8.70. The Kier molecular flexibility index (Phi) is 4.41. The molecule has 0 aliphatic heterocycles. The predicted molar refractivity (Wildman–Crippen MR) is 81.0 cm³/mol. The number of hydrogen-bond donors (Lipinski definition) is 2. The van der Waals surface area contributed by atoms with Gasteiger partial charge in [0.1, 0.15) is 16.5 Å². The van der Waals surface area contributed by atoms with E-state index in [1.807, 2.05) is 18.2 Å². The standard InChI is InChI=1S/C14H16N4S/c1-2-11(10-6-4-3-5-7-10)18-13-9-16-12(8-17-13)14(15)19/h3-9,11H,2H2,1H3,(H2,15,19)(H,17,18). The van der Waals surface area contributed by atoms with Crippen LogP contribution in [0.3, 0.4) is 0 Å². The third kappa shape index (κ3) is 3.48. The minimum Gasteiger partial charge on any atom is -0.388 e. The Morgan fingerprint density at radius 1 is 1.26 bits per heavy atom. The topological polar surface area (TPSA) is 63.8 Å². The van der Waals surface area contributed by atoms with Crippen LogP contribution in [0.1, 0.15) is 30.6 Å². The summed E-state index contributed by atoms with van der Waals surface area (Å²) in [6, 6.07) is 10.5. The van der Waals surface area contributed by atoms with Gasteiger partial charge in [0.15, 0.2) is 0 Å². The molecule has 0 bridgehead atoms. The molecule has 19 heavy (non-hydrogen) atoms. The molecular formula is C14H16N4S. The van der Waals surface area contributed by atoms with Gasteiger partial charge in [0, 0.05) is 0 Å². The second kappa shape index (κ2) is 6.24. The fourth-order valence-corrected chi connectivity index (χ4v) is 1.92. The Morgan fingerprint density at radius 3 is 2.53 bits per heavy atom. The van der Waals surface area contributed by atoms with E-state index in [1.54, 1.807) is 12.4 Å². The van der Waals surface area contributed by atoms with Gasteiger partial charge < -0.3 is 11.1 Å². The minimum atomic E-state index is 0.214. The minimum absolute atomic E-state index is 0.214. The lowest BCUT2D eigenvalue weighted by molar-refractivity contribution is 0.743. The Labute approximate surface area is 118 Å². The molecule has 4 nitrogen and oxygen atoms in total. The smallest absolute Gasteiger partial charge is 0.145 e. The molecule has 1 aromatic carbocycles. The van der Waals surface area contributed by atoms with E-state index < -0.39 is 0 Å². The predicted octanol–water partition coefficient (Wildman–Crippen LogP) is 2.67. The number of nitrogens with one attached hydrogen (secondary N) is 1. The molecule has 0 saturated heterocycles. The summed E-state index contributed by atoms with van der Waals surface area (Å²) in [7, 11) is 0. The van der Waals surface area contributed by atoms with Crippen molar-refractivity contribution in [3.05, 3.63) is 54.0 Å². The highest BCUT2D eigenvalue weighted by Crippen LogP contribution is 2.20. The van der Waals surface area contributed by atoms with Crippen molar-refractivity contribution in [1.29, 1.82) is 0 Å². The van der Waals surface area contributed by atoms with Gasteiger partial charge in [0.05, 0.1) is 18.4 Å². The maximum atomic E-state index is 5.49. The van der Waals surface area contributed by atoms with Gasteiger partial charge in [-0.25, -0.2) is 9.97 Å². The summed E-state index contributed by atoms with van der Waals surface area (Å²) in [5.74, 6) is 0.718. The first-order chi connectivity index (χ1) is 9.20. The van der Waals surface area contributed by atoms with Crippen molar-refractivity contribution in [3.63, 3.8) is 0 Å². The van der Waals surface area contributed by atoms with Gasteiger partial charge in [0.2, 0.25) is 0 Å². The fourth-order valence-electron chi connectivity index (χ4n) is 1.81. The number of thiocarbonyl (C=S) groups is 1. The van der Waals surface area contributed by atoms with Crippen LogP contribution in [0.15, 0.2) is 42.7 Å². The van der Waals surface area contributed by atoms with Crippen LogP contribution < -0.4 is 11.1 Å². The summed E-state index contributed by atoms with van der Waals surface area (Å²) < 4.78 is 0. The van der Waals surface area contributed by atoms with Crippen molar-refractivity contribution in [2.45, 2.75) is 19.4 Å². The molecule has 2 rings (SSSR count). The second-order valence-corrected chi connectivity index (χ2v) is 4.61. The molecule has 0 aliphatic rings. The van der Waals surface area contributed by atoms with E-state index in [1.165, 1.54) is 5.56 Å². The van der Waals surface area contributed by atoms with Gasteiger partial charge in [-0.05, 0) is 12.0 Å². The molecule has 0 amide bonds. The molecule has 1 unspecified atom stereocenters. The summed E-state index contributed by atoms with van der Waals surface area (Å²) >= 11 is 4.85. The lowest BCUT2D eigenvalue weighted by Crippen LogP contribution is -2.14. The number of aromatic nitrogens is 2. The van der Waals surface area contributed by atoms with Gasteiger partial charge in [-0.1, -0.05) is 49.5 Å². The summed E-state index contributed by atoms with van der Waals surface area (Å²) in [6.45, 7) is 2.13. The summed E-state index contributed by atoms with van der Waals surface area (Å²) in [5.41, 5.74) is 7.25. The summed E-state index contributed by atoms with van der Waals surface area (Å²) in [6.07, 6.45) is 4.20. The largest absolute Gasteiger partial charge is 0.388 e. The van der Waals surface area contributed by atoms with Crippen molar-refractivity contribution in [2.24, 2.45) is 5.73 Å². The van der Waals surface area contributed by atoms with Crippen LogP contribution in [0.4, 0.5) is 5.82 Å². The molecule has 0 spiro atoms. The molecule has 0 saturated carbocycles. The van der Waals surface area contributed by atoms with Crippen molar-refractivity contribution in [1.82, 2.24) is 9.97 Å². The van der Waals surface area contributed by atoms with Gasteiger partial charge in [-0.2, -0.15) is 0 Å². The molecule has 1 atom stereocenters. The van der Waals surface area contributed by atoms with Crippen LogP contribution in [-0.2, 0) is 0 Å². The number of hydrogen-bond acceptors (Lipinski definition) is 4. The van der Waals surface area contributed by atoms with Gasteiger partial charge in [-0.3, -0.25) is 0 Å². The van der Waals surface area contributed by atoms with E-state index in [0.29, 0.717) is 5.69 Å². The molecular weight excluding hydrogens is 256 g/mol. The van der Waals surface area contributed by atoms with E-state index in [-0.39, 0.29) is 11.0 Å². The molecule has 1 heterocycles. The maximum Gasteiger partial charge on any atom is 0.145 e. The van der Waals surface area contributed by atoms with Crippen LogP contribution in [-0.4, -0.2) is 15.0 Å². The average Bonchev–Trinajstić information content (AvgIpc) is 2.46. The van der Waals surface area contributed by atoms with Crippen LogP contribution >= 0.6 is 12.2 Å². The zero-order valence-electron chi connectivity index (χ0n) is 10.7. The fraction of sp³-hybridized carbons (Fsp3) is 0.214. The maximum absolute atomic E-state index is 5.49. The molecule has 98 valence electrons. The third-order valence-corrected chi connectivity index (χ3v) is 3.05. The van der Waals surface area contributed by atoms with Gasteiger partial charge in [-0.15, -0.1) is 0 Å². The van der Waals surface area contributed by atoms with Crippen LogP contribution in [0.5, 0.6) is 0 Å². The average molecular weight is 272 g/mol. The lowest BCUT2D eigenvalue weighted by Gasteiger charge is -2.17. The van der Waals surface area contributed by atoms with Crippen molar-refractivity contribution in [2.75, 3.05) is 5.32 Å². The van der Waals surface area contributed by atoms with Crippen molar-refractivity contribution >= 4 is 23.0 Å². The van der Waals surface area contributed by atoms with E-state index in [9.17, 15) is 0 Å². The molecule has 3 N–H and O–H groups in total. The highest BCUT2D eigenvalue weighted by Gasteiger charge is 2.09. The molecule has 2 aromatic rings. The zero-order chi connectivity index (χ0) is 13.7. The SMILES string of the molecule is CCC(Nc1cnc(C(N)=S)cn1)c1ccccc1. The Hall–Kier alpha value is -2.01. The van der Waals surface area contributed by atoms with Crippen molar-refractivity contribution in [3.8, 4) is 0 Å². The molecule has 1 aromatic heterocycles. The quantitative estimate of drug-likeness (QED) is 0.819. The number of nitrogens with zero attached hydrogens (tertiary/aromatic N) is 2. The second-order valence-electron chi connectivity index (χ2n) is 4.17. The van der Waals surface area contributed by atoms with Crippen molar-refractivity contribution < 1.29 is 0 Å². The third-order valence-electron chi connectivity index (χ3n) is 2.84. The normalized spacial score (nSPS) is 11.8. The highest BCUT2D eigenvalue weighted by atomic mass is 32.1. The molecule has 0 aliphatic carbocycles. The zero-order valence-corrected chi connectivity index (χ0v) is 11.5. The van der Waals surface area contributed by atoms with Crippen LogP contribution in [0.2, 0.25) is 0 Å². The van der Waals surface area contributed by atoms with E-state index in [2.05, 4.69) is 34.3 Å². The van der Waals surface area contributed by atoms with E-state index >= 15 is 0 Å². The number of benzene rings is 1. The van der Waals surface area contributed by atoms with Gasteiger partial charge in [0.25, 0.3) is 0 Å². The summed E-state index contributed by atoms with van der Waals surface area (Å²) in [5, 5.41) is 3.35. The van der Waals surface area contributed by atoms with Crippen LogP contribution in [0.25, 0.3) is 0 Å². The number of nitrogens with two attached hydrogens (primary N) is 1. The Balaban J connectivity index is 2.12. The van der Waals surface area contributed by atoms with Crippen LogP contribution in [0, 0.1) is 0 Å². The number of anilines is 1. The van der Waals surface area contributed by atoms with E-state index in [4.69, 9.17) is 18.0 Å². The molecule has 5 heteroatoms. The first-order valence-electron chi connectivity index (χ1n) is 6.14. The molecule has 0 fully saturated rings. The number of rotatable bonds is 5. The lowest BCUT2D eigenvalue weighted by atomic mass is 10.1.